The molecule has 2 aromatic heterocycles. The molecule has 4 fully saturated rings. The Labute approximate surface area is 380 Å². The quantitative estimate of drug-likeness (QED) is 0.0603. The molecule has 0 aliphatic carbocycles. The maximum Gasteiger partial charge on any atom is 0.319 e. The molecule has 3 unspecified atom stereocenters. The van der Waals surface area contributed by atoms with Crippen molar-refractivity contribution in [2.75, 3.05) is 44.2 Å². The molecule has 13 nitrogen and oxygen atoms in total. The van der Waals surface area contributed by atoms with Crippen LogP contribution in [-0.4, -0.2) is 117 Å². The summed E-state index contributed by atoms with van der Waals surface area (Å²) < 4.78 is 38.4. The van der Waals surface area contributed by atoms with Gasteiger partial charge in [0.25, 0.3) is 0 Å². The van der Waals surface area contributed by atoms with E-state index in [1.807, 2.05) is 20.8 Å². The molecule has 8 rings (SSSR count). The first-order chi connectivity index (χ1) is 31.3. The van der Waals surface area contributed by atoms with Crippen molar-refractivity contribution in [2.24, 2.45) is 5.41 Å². The normalized spacial score (nSPS) is 20.9. The van der Waals surface area contributed by atoms with Gasteiger partial charge < -0.3 is 40.0 Å². The summed E-state index contributed by atoms with van der Waals surface area (Å²) in [4.78, 5) is 58.1. The number of pyridine rings is 1. The maximum absolute atomic E-state index is 17.0. The zero-order valence-corrected chi connectivity index (χ0v) is 37.9. The van der Waals surface area contributed by atoms with Crippen LogP contribution in [0.2, 0.25) is 0 Å². The Morgan fingerprint density at radius 2 is 1.72 bits per heavy atom. The highest BCUT2D eigenvalue weighted by molar-refractivity contribution is 6.03. The number of terminal acetylenes is 1. The number of unbranched alkanes of at least 4 members (excludes halogenated alkanes) is 5. The van der Waals surface area contributed by atoms with Gasteiger partial charge in [0.15, 0.2) is 5.82 Å². The second-order valence-corrected chi connectivity index (χ2v) is 19.5. The van der Waals surface area contributed by atoms with Crippen molar-refractivity contribution in [1.29, 1.82) is 0 Å². The van der Waals surface area contributed by atoms with E-state index >= 15 is 4.39 Å². The van der Waals surface area contributed by atoms with Gasteiger partial charge in [-0.15, -0.1) is 6.42 Å². The number of nitrogens with zero attached hydrogens (tertiary/aromatic N) is 6. The average molecular weight is 893 g/mol. The van der Waals surface area contributed by atoms with Crippen LogP contribution in [0.25, 0.3) is 32.9 Å². The molecule has 4 aliphatic rings. The zero-order valence-electron chi connectivity index (χ0n) is 37.9. The van der Waals surface area contributed by atoms with Crippen molar-refractivity contribution < 1.29 is 33.0 Å². The first-order valence-corrected chi connectivity index (χ1v) is 23.5. The predicted molar refractivity (Wildman–Crippen MR) is 247 cm³/mol. The third-order valence-corrected chi connectivity index (χ3v) is 13.7. The number of benzene rings is 2. The highest BCUT2D eigenvalue weighted by Gasteiger charge is 2.40. The Kier molecular flexibility index (Phi) is 14.2. The molecule has 65 heavy (non-hydrogen) atoms. The van der Waals surface area contributed by atoms with Crippen LogP contribution < -0.4 is 20.3 Å². The number of phenolic OH excluding ortho intramolecular Hbond substituents is 1. The smallest absolute Gasteiger partial charge is 0.319 e. The number of likely N-dealkylation sites (tertiary alicyclic amines) is 2. The monoisotopic (exact) mass is 892 g/mol. The van der Waals surface area contributed by atoms with Gasteiger partial charge in [0, 0.05) is 68.4 Å². The summed E-state index contributed by atoms with van der Waals surface area (Å²) >= 11 is 0. The Hall–Kier alpha value is -5.46. The molecule has 4 saturated heterocycles. The zero-order chi connectivity index (χ0) is 45.8. The Bertz CT molecular complexity index is 2430. The van der Waals surface area contributed by atoms with E-state index < -0.39 is 29.1 Å². The largest absolute Gasteiger partial charge is 0.508 e. The lowest BCUT2D eigenvalue weighted by Crippen LogP contribution is -2.55. The van der Waals surface area contributed by atoms with E-state index in [2.05, 4.69) is 36.3 Å². The number of rotatable bonds is 16. The van der Waals surface area contributed by atoms with Crippen molar-refractivity contribution in [3.05, 3.63) is 47.7 Å². The maximum atomic E-state index is 17.0. The Balaban J connectivity index is 0.846. The Morgan fingerprint density at radius 1 is 1.00 bits per heavy atom. The third-order valence-electron chi connectivity index (χ3n) is 13.7. The van der Waals surface area contributed by atoms with E-state index in [-0.39, 0.29) is 57.4 Å². The first-order valence-electron chi connectivity index (χ1n) is 23.5. The summed E-state index contributed by atoms with van der Waals surface area (Å²) in [7, 11) is 0. The number of aldehydes is 1. The number of fused-ring (bicyclic) bond motifs is 4. The molecule has 3 N–H and O–H groups in total. The van der Waals surface area contributed by atoms with Crippen LogP contribution in [0.4, 0.5) is 14.6 Å². The molecule has 6 heterocycles. The number of amides is 2. The number of aromatic hydroxyl groups is 1. The van der Waals surface area contributed by atoms with Crippen LogP contribution in [0, 0.1) is 29.4 Å². The lowest BCUT2D eigenvalue weighted by molar-refractivity contribution is -0.141. The lowest BCUT2D eigenvalue weighted by atomic mass is 9.85. The number of hydrogen-bond acceptors (Lipinski definition) is 11. The van der Waals surface area contributed by atoms with Crippen molar-refractivity contribution >= 4 is 45.6 Å². The predicted octanol–water partition coefficient (Wildman–Crippen LogP) is 7.05. The van der Waals surface area contributed by atoms with E-state index in [9.17, 15) is 23.9 Å². The fourth-order valence-corrected chi connectivity index (χ4v) is 10.2. The lowest BCUT2D eigenvalue weighted by Gasteiger charge is -2.35. The van der Waals surface area contributed by atoms with Crippen molar-refractivity contribution in [1.82, 2.24) is 35.4 Å². The van der Waals surface area contributed by atoms with Gasteiger partial charge in [-0.2, -0.15) is 9.97 Å². The summed E-state index contributed by atoms with van der Waals surface area (Å²) in [5.74, 6) is 1.16. The topological polar surface area (TPSA) is 153 Å². The van der Waals surface area contributed by atoms with E-state index in [0.29, 0.717) is 61.1 Å². The van der Waals surface area contributed by atoms with Gasteiger partial charge in [0.05, 0.1) is 17.0 Å². The van der Waals surface area contributed by atoms with Crippen molar-refractivity contribution in [3.63, 3.8) is 0 Å². The Morgan fingerprint density at radius 3 is 2.43 bits per heavy atom. The number of hydrogen-bond donors (Lipinski definition) is 3. The fourth-order valence-electron chi connectivity index (χ4n) is 10.2. The standard InChI is InChI=1S/C50H62F2N8O5/c1-5-37-40(51)18-15-31-25-35(62)26-38(42(31)37)44-43(52)45-39(27-53-44)47(59-28-32-16-17-33(29-59)54-32)57-49(56-45)65-36-19-23-58(24-20-36)21-11-9-7-6-8-10-14-41(63)55-46(50(2,3)4)48(64)60-22-12-13-34(60)30-61/h1,15,18,25-27,30,32-34,36,46,54,62H,6-14,16-17,19-24,28-29H2,2-4H3,(H,55,63)/t32?,33?,34-,46?/m0/s1. The van der Waals surface area contributed by atoms with Crippen molar-refractivity contribution in [2.45, 2.75) is 135 Å². The summed E-state index contributed by atoms with van der Waals surface area (Å²) in [6.07, 6.45) is 19.5. The van der Waals surface area contributed by atoms with Crippen LogP contribution >= 0.6 is 0 Å². The number of anilines is 1. The van der Waals surface area contributed by atoms with Crippen LogP contribution in [0.1, 0.15) is 110 Å². The number of ether oxygens (including phenoxy) is 1. The van der Waals surface area contributed by atoms with Crippen molar-refractivity contribution in [3.8, 4) is 35.4 Å². The van der Waals surface area contributed by atoms with E-state index in [0.717, 1.165) is 96.5 Å². The van der Waals surface area contributed by atoms with Gasteiger partial charge in [-0.25, -0.2) is 8.78 Å². The molecule has 346 valence electrons. The summed E-state index contributed by atoms with van der Waals surface area (Å²) in [6.45, 7) is 10.5. The average Bonchev–Trinajstić information content (AvgIpc) is 3.91. The molecular weight excluding hydrogens is 831 g/mol. The highest BCUT2D eigenvalue weighted by atomic mass is 19.1. The minimum absolute atomic E-state index is 0.0324. The minimum Gasteiger partial charge on any atom is -0.508 e. The molecule has 0 radical (unpaired) electrons. The number of halogens is 2. The SMILES string of the molecule is C#Cc1c(F)ccc2cc(O)cc(-c3ncc4c(N5CC6CCC(C5)N6)nc(OC5CCN(CCCCCCCCC(=O)NC(C(=O)N6CCC[C@H]6C=O)C(C)(C)C)CC5)nc4c3F)c12. The number of phenols is 1. The van der Waals surface area contributed by atoms with E-state index in [4.69, 9.17) is 16.1 Å². The number of carbonyl (C=O) groups is 3. The molecule has 0 spiro atoms. The molecule has 4 aliphatic heterocycles. The minimum atomic E-state index is -0.737. The second kappa shape index (κ2) is 20.0. The molecule has 2 amide bonds. The van der Waals surface area contributed by atoms with Gasteiger partial charge in [0.1, 0.15) is 47.0 Å². The second-order valence-electron chi connectivity index (χ2n) is 19.5. The van der Waals surface area contributed by atoms with Gasteiger partial charge in [0.2, 0.25) is 11.8 Å². The molecule has 4 aromatic rings. The van der Waals surface area contributed by atoms with Crippen LogP contribution in [-0.2, 0) is 14.4 Å². The molecule has 4 atom stereocenters. The summed E-state index contributed by atoms with van der Waals surface area (Å²) in [6, 6.07) is 5.15. The molecule has 2 bridgehead atoms. The molecule has 2 aromatic carbocycles. The van der Waals surface area contributed by atoms with Gasteiger partial charge >= 0.3 is 6.01 Å². The van der Waals surface area contributed by atoms with Gasteiger partial charge in [-0.3, -0.25) is 14.6 Å². The summed E-state index contributed by atoms with van der Waals surface area (Å²) in [5, 5.41) is 18.4. The van der Waals surface area contributed by atoms with E-state index in [1.54, 1.807) is 11.1 Å². The number of piperazine rings is 1. The molecular formula is C50H62F2N8O5. The van der Waals surface area contributed by atoms with Crippen LogP contribution in [0.15, 0.2) is 30.5 Å². The number of nitrogens with one attached hydrogen (secondary N) is 2. The van der Waals surface area contributed by atoms with Crippen LogP contribution in [0.5, 0.6) is 11.8 Å². The first kappa shape index (κ1) is 46.1. The number of aromatic nitrogens is 3. The third kappa shape index (κ3) is 10.3. The fraction of sp³-hybridized carbons (Fsp3) is 0.560. The number of piperidine rings is 1. The number of carbonyl (C=O) groups excluding carboxylic acids is 3. The molecule has 0 saturated carbocycles. The highest BCUT2D eigenvalue weighted by Crippen LogP contribution is 2.39. The van der Waals surface area contributed by atoms with E-state index in [1.165, 1.54) is 24.3 Å². The van der Waals surface area contributed by atoms with Gasteiger partial charge in [-0.1, -0.05) is 58.4 Å². The van der Waals surface area contributed by atoms with Crippen LogP contribution in [0.3, 0.4) is 0 Å². The summed E-state index contributed by atoms with van der Waals surface area (Å²) in [5.41, 5.74) is -0.429. The van der Waals surface area contributed by atoms with Gasteiger partial charge in [-0.05, 0) is 86.9 Å². The molecule has 15 heteroatoms.